The highest BCUT2D eigenvalue weighted by Gasteiger charge is 2.18. The van der Waals surface area contributed by atoms with Crippen LogP contribution < -0.4 is 4.74 Å². The van der Waals surface area contributed by atoms with E-state index in [1.165, 1.54) is 38.1 Å². The van der Waals surface area contributed by atoms with Gasteiger partial charge in [-0.25, -0.2) is 9.59 Å². The van der Waals surface area contributed by atoms with Crippen molar-refractivity contribution < 1.29 is 29.0 Å². The molecule has 0 aromatic heterocycles. The molecule has 0 aliphatic carbocycles. The van der Waals surface area contributed by atoms with E-state index in [-0.39, 0.29) is 11.3 Å². The van der Waals surface area contributed by atoms with Crippen molar-refractivity contribution >= 4 is 17.9 Å². The van der Waals surface area contributed by atoms with E-state index in [4.69, 9.17) is 9.84 Å². The van der Waals surface area contributed by atoms with Crippen molar-refractivity contribution in [3.63, 3.8) is 0 Å². The fourth-order valence-electron chi connectivity index (χ4n) is 1.16. The van der Waals surface area contributed by atoms with Gasteiger partial charge in [0.2, 0.25) is 0 Å². The minimum absolute atomic E-state index is 0.0860. The summed E-state index contributed by atoms with van der Waals surface area (Å²) in [4.78, 5) is 32.7. The highest BCUT2D eigenvalue weighted by Crippen LogP contribution is 2.13. The Balaban J connectivity index is 2.64. The number of hydrogen-bond donors (Lipinski definition) is 1. The fourth-order valence-corrected chi connectivity index (χ4v) is 1.16. The lowest BCUT2D eigenvalue weighted by Crippen LogP contribution is -2.27. The predicted octanol–water partition coefficient (Wildman–Crippen LogP) is 1.24. The van der Waals surface area contributed by atoms with Gasteiger partial charge in [-0.15, -0.1) is 0 Å². The normalized spacial score (nSPS) is 11.4. The summed E-state index contributed by atoms with van der Waals surface area (Å²) in [5.41, 5.74) is 0.0860. The summed E-state index contributed by atoms with van der Waals surface area (Å²) < 4.78 is 9.54. The first-order valence-corrected chi connectivity index (χ1v) is 5.12. The molecule has 6 nitrogen and oxygen atoms in total. The minimum Gasteiger partial charge on any atom is -0.478 e. The van der Waals surface area contributed by atoms with Crippen LogP contribution in [0.25, 0.3) is 0 Å². The molecule has 0 aliphatic rings. The molecule has 1 aromatic carbocycles. The molecule has 6 heteroatoms. The lowest BCUT2D eigenvalue weighted by Gasteiger charge is -2.11. The maximum atomic E-state index is 11.5. The first-order valence-electron chi connectivity index (χ1n) is 5.12. The summed E-state index contributed by atoms with van der Waals surface area (Å²) in [5, 5.41) is 8.68. The molecule has 1 rings (SSSR count). The number of carboxylic acids is 1. The molecule has 96 valence electrons. The number of rotatable bonds is 4. The molecule has 18 heavy (non-hydrogen) atoms. The van der Waals surface area contributed by atoms with Gasteiger partial charge in [0.15, 0.2) is 6.10 Å². The zero-order chi connectivity index (χ0) is 13.7. The number of hydrogen-bond acceptors (Lipinski definition) is 5. The van der Waals surface area contributed by atoms with Crippen LogP contribution in [-0.4, -0.2) is 29.1 Å². The molecule has 0 saturated heterocycles. The van der Waals surface area contributed by atoms with E-state index in [1.54, 1.807) is 0 Å². The number of carboxylic acid groups (broad SMARTS) is 1. The van der Waals surface area contributed by atoms with Gasteiger partial charge in [-0.2, -0.15) is 0 Å². The molecule has 0 fully saturated rings. The molecule has 0 unspecified atom stereocenters. The molecular weight excluding hydrogens is 240 g/mol. The minimum atomic E-state index is -1.07. The lowest BCUT2D eigenvalue weighted by molar-refractivity contribution is -0.159. The van der Waals surface area contributed by atoms with Crippen LogP contribution in [0, 0.1) is 0 Å². The fraction of sp³-hybridized carbons (Fsp3) is 0.250. The number of esters is 2. The molecule has 0 radical (unpaired) electrons. The van der Waals surface area contributed by atoms with Gasteiger partial charge in [-0.05, 0) is 31.2 Å². The number of benzene rings is 1. The van der Waals surface area contributed by atoms with E-state index in [1.807, 2.05) is 0 Å². The van der Waals surface area contributed by atoms with Gasteiger partial charge in [0.25, 0.3) is 0 Å². The van der Waals surface area contributed by atoms with Gasteiger partial charge < -0.3 is 14.6 Å². The number of ether oxygens (including phenoxy) is 2. The topological polar surface area (TPSA) is 89.9 Å². The van der Waals surface area contributed by atoms with E-state index in [9.17, 15) is 14.4 Å². The van der Waals surface area contributed by atoms with Gasteiger partial charge in [0, 0.05) is 6.92 Å². The first-order chi connectivity index (χ1) is 8.40. The van der Waals surface area contributed by atoms with Crippen LogP contribution in [0.5, 0.6) is 5.75 Å². The Morgan fingerprint density at radius 3 is 2.17 bits per heavy atom. The second-order valence-corrected chi connectivity index (χ2v) is 3.50. The summed E-state index contributed by atoms with van der Waals surface area (Å²) >= 11 is 0. The van der Waals surface area contributed by atoms with Gasteiger partial charge >= 0.3 is 17.9 Å². The van der Waals surface area contributed by atoms with Crippen LogP contribution in [0.15, 0.2) is 24.3 Å². The summed E-state index contributed by atoms with van der Waals surface area (Å²) in [7, 11) is 0. The SMILES string of the molecule is CC(=O)O[C@@H](C)C(=O)Oc1ccc(C(=O)O)cc1. The van der Waals surface area contributed by atoms with Gasteiger partial charge in [0.05, 0.1) is 5.56 Å². The molecule has 1 N–H and O–H groups in total. The standard InChI is InChI=1S/C12H12O6/c1-7(17-8(2)13)12(16)18-10-5-3-9(4-6-10)11(14)15/h3-7H,1-2H3,(H,14,15)/t7-/m0/s1. The van der Waals surface area contributed by atoms with Crippen molar-refractivity contribution in [1.29, 1.82) is 0 Å². The van der Waals surface area contributed by atoms with E-state index >= 15 is 0 Å². The largest absolute Gasteiger partial charge is 0.478 e. The first kappa shape index (κ1) is 13.7. The maximum absolute atomic E-state index is 11.5. The number of aromatic carboxylic acids is 1. The average Bonchev–Trinajstić information content (AvgIpc) is 2.28. The summed E-state index contributed by atoms with van der Waals surface area (Å²) in [6.07, 6.45) is -1.01. The van der Waals surface area contributed by atoms with Crippen LogP contribution >= 0.6 is 0 Å². The lowest BCUT2D eigenvalue weighted by atomic mass is 10.2. The second-order valence-electron chi connectivity index (χ2n) is 3.50. The molecule has 0 aliphatic heterocycles. The van der Waals surface area contributed by atoms with Gasteiger partial charge in [-0.3, -0.25) is 4.79 Å². The van der Waals surface area contributed by atoms with E-state index in [0.717, 1.165) is 0 Å². The van der Waals surface area contributed by atoms with Crippen molar-refractivity contribution in [3.05, 3.63) is 29.8 Å². The monoisotopic (exact) mass is 252 g/mol. The summed E-state index contributed by atoms with van der Waals surface area (Å²) in [5.74, 6) is -2.20. The predicted molar refractivity (Wildman–Crippen MR) is 60.3 cm³/mol. The van der Waals surface area contributed by atoms with Crippen LogP contribution in [0.3, 0.4) is 0 Å². The van der Waals surface area contributed by atoms with E-state index in [2.05, 4.69) is 4.74 Å². The Morgan fingerprint density at radius 2 is 1.72 bits per heavy atom. The Labute approximate surface area is 103 Å². The molecule has 0 amide bonds. The second kappa shape index (κ2) is 5.81. The Morgan fingerprint density at radius 1 is 1.17 bits per heavy atom. The third-order valence-corrected chi connectivity index (χ3v) is 1.99. The van der Waals surface area contributed by atoms with Crippen molar-refractivity contribution in [2.75, 3.05) is 0 Å². The number of carbonyl (C=O) groups is 3. The zero-order valence-corrected chi connectivity index (χ0v) is 9.88. The average molecular weight is 252 g/mol. The summed E-state index contributed by atoms with van der Waals surface area (Å²) in [6.45, 7) is 2.57. The highest BCUT2D eigenvalue weighted by atomic mass is 16.6. The van der Waals surface area contributed by atoms with Crippen molar-refractivity contribution in [2.45, 2.75) is 20.0 Å². The molecule has 0 bridgehead atoms. The maximum Gasteiger partial charge on any atom is 0.352 e. The molecule has 0 heterocycles. The van der Waals surface area contributed by atoms with Crippen LogP contribution in [0.2, 0.25) is 0 Å². The van der Waals surface area contributed by atoms with E-state index < -0.39 is 24.0 Å². The van der Waals surface area contributed by atoms with Crippen molar-refractivity contribution in [2.24, 2.45) is 0 Å². The highest BCUT2D eigenvalue weighted by molar-refractivity contribution is 5.87. The van der Waals surface area contributed by atoms with Crippen molar-refractivity contribution in [1.82, 2.24) is 0 Å². The Bertz CT molecular complexity index is 462. The van der Waals surface area contributed by atoms with Crippen molar-refractivity contribution in [3.8, 4) is 5.75 Å². The van der Waals surface area contributed by atoms with Crippen LogP contribution in [0.1, 0.15) is 24.2 Å². The number of carbonyl (C=O) groups excluding carboxylic acids is 2. The molecular formula is C12H12O6. The smallest absolute Gasteiger partial charge is 0.352 e. The third kappa shape index (κ3) is 3.89. The summed E-state index contributed by atoms with van der Waals surface area (Å²) in [6, 6.07) is 5.31. The molecule has 1 atom stereocenters. The Kier molecular flexibility index (Phi) is 4.42. The van der Waals surface area contributed by atoms with Crippen LogP contribution in [0.4, 0.5) is 0 Å². The van der Waals surface area contributed by atoms with E-state index in [0.29, 0.717) is 0 Å². The quantitative estimate of drug-likeness (QED) is 0.640. The molecule has 0 saturated carbocycles. The van der Waals surface area contributed by atoms with Gasteiger partial charge in [0.1, 0.15) is 5.75 Å². The van der Waals surface area contributed by atoms with Gasteiger partial charge in [-0.1, -0.05) is 0 Å². The molecule has 1 aromatic rings. The zero-order valence-electron chi connectivity index (χ0n) is 9.88. The molecule has 0 spiro atoms. The third-order valence-electron chi connectivity index (χ3n) is 1.99. The van der Waals surface area contributed by atoms with Crippen LogP contribution in [-0.2, 0) is 14.3 Å². The Hall–Kier alpha value is -2.37.